The van der Waals surface area contributed by atoms with Gasteiger partial charge in [0, 0.05) is 37.8 Å². The van der Waals surface area contributed by atoms with E-state index < -0.39 is 0 Å². The molecule has 0 aliphatic carbocycles. The molecule has 0 aromatic heterocycles. The molecule has 0 aliphatic heterocycles. The Bertz CT molecular complexity index is 460. The van der Waals surface area contributed by atoms with Crippen molar-refractivity contribution in [1.29, 1.82) is 0 Å². The van der Waals surface area contributed by atoms with Crippen LogP contribution in [0.15, 0.2) is 27.7 Å². The average Bonchev–Trinajstić information content (AvgIpc) is 2.48. The second-order valence-electron chi connectivity index (χ2n) is 4.46. The van der Waals surface area contributed by atoms with Crippen LogP contribution in [0.5, 0.6) is 0 Å². The molecule has 1 rings (SSSR count). The molecule has 0 unspecified atom stereocenters. The van der Waals surface area contributed by atoms with Gasteiger partial charge in [0.1, 0.15) is 5.82 Å². The second kappa shape index (κ2) is 13.1. The lowest BCUT2D eigenvalue weighted by molar-refractivity contribution is 0.145. The molecule has 1 aromatic rings. The maximum Gasteiger partial charge on any atom is 0.190 e. The summed E-state index contributed by atoms with van der Waals surface area (Å²) >= 11 is 3.35. The molecule has 0 fully saturated rings. The molecule has 0 aliphatic rings. The van der Waals surface area contributed by atoms with Crippen molar-refractivity contribution in [2.24, 2.45) is 4.99 Å². The highest BCUT2D eigenvalue weighted by atomic mass is 127. The topological polar surface area (TPSA) is 45.6 Å². The summed E-state index contributed by atoms with van der Waals surface area (Å²) in [4.78, 5) is 4.13. The van der Waals surface area contributed by atoms with E-state index in [2.05, 4.69) is 31.6 Å². The number of benzene rings is 1. The first-order chi connectivity index (χ1) is 10.2. The van der Waals surface area contributed by atoms with Crippen molar-refractivity contribution in [3.8, 4) is 0 Å². The van der Waals surface area contributed by atoms with Crippen LogP contribution in [-0.4, -0.2) is 39.3 Å². The Balaban J connectivity index is 0.00000441. The number of halogens is 3. The summed E-state index contributed by atoms with van der Waals surface area (Å²) in [5, 5.41) is 6.37. The Morgan fingerprint density at radius 1 is 1.32 bits per heavy atom. The standard InChI is InChI=1S/C15H23BrFN3O.HI/c1-3-21-10-4-8-19-15(18-2)20-9-7-12-11-13(16)5-6-14(12)17;/h5-6,11H,3-4,7-10H2,1-2H3,(H2,18,19,20);1H. The SMILES string of the molecule is CCOCCCNC(=NC)NCCc1cc(Br)ccc1F.I. The van der Waals surface area contributed by atoms with E-state index in [1.165, 1.54) is 6.07 Å². The van der Waals surface area contributed by atoms with Crippen LogP contribution < -0.4 is 10.6 Å². The van der Waals surface area contributed by atoms with Crippen LogP contribution in [0, 0.1) is 5.82 Å². The smallest absolute Gasteiger partial charge is 0.190 e. The number of ether oxygens (including phenoxy) is 1. The van der Waals surface area contributed by atoms with E-state index in [1.54, 1.807) is 19.2 Å². The number of nitrogens with zero attached hydrogens (tertiary/aromatic N) is 1. The minimum atomic E-state index is -0.181. The van der Waals surface area contributed by atoms with Gasteiger partial charge in [0.25, 0.3) is 0 Å². The van der Waals surface area contributed by atoms with E-state index in [4.69, 9.17) is 4.74 Å². The van der Waals surface area contributed by atoms with Crippen LogP contribution in [0.4, 0.5) is 4.39 Å². The largest absolute Gasteiger partial charge is 0.382 e. The molecule has 7 heteroatoms. The maximum atomic E-state index is 13.6. The summed E-state index contributed by atoms with van der Waals surface area (Å²) in [5.41, 5.74) is 0.684. The van der Waals surface area contributed by atoms with Gasteiger partial charge in [-0.25, -0.2) is 4.39 Å². The molecular weight excluding hydrogens is 464 g/mol. The van der Waals surface area contributed by atoms with Gasteiger partial charge in [-0.3, -0.25) is 4.99 Å². The second-order valence-corrected chi connectivity index (χ2v) is 5.38. The number of aliphatic imine (C=N–C) groups is 1. The average molecular weight is 488 g/mol. The molecule has 0 saturated heterocycles. The summed E-state index contributed by atoms with van der Waals surface area (Å²) in [7, 11) is 1.72. The van der Waals surface area contributed by atoms with Crippen LogP contribution >= 0.6 is 39.9 Å². The zero-order valence-electron chi connectivity index (χ0n) is 13.0. The molecule has 4 nitrogen and oxygen atoms in total. The summed E-state index contributed by atoms with van der Waals surface area (Å²) in [5.74, 6) is 0.543. The molecule has 0 saturated carbocycles. The van der Waals surface area contributed by atoms with E-state index in [0.29, 0.717) is 18.5 Å². The lowest BCUT2D eigenvalue weighted by atomic mass is 10.1. The van der Waals surface area contributed by atoms with E-state index in [9.17, 15) is 4.39 Å². The Labute approximate surface area is 157 Å². The normalized spacial score (nSPS) is 11.0. The minimum absolute atomic E-state index is 0. The highest BCUT2D eigenvalue weighted by molar-refractivity contribution is 14.0. The molecule has 126 valence electrons. The first-order valence-corrected chi connectivity index (χ1v) is 7.92. The van der Waals surface area contributed by atoms with Crippen molar-refractivity contribution >= 4 is 45.9 Å². The highest BCUT2D eigenvalue weighted by Crippen LogP contribution is 2.15. The zero-order chi connectivity index (χ0) is 15.5. The number of nitrogens with one attached hydrogen (secondary N) is 2. The van der Waals surface area contributed by atoms with Crippen molar-refractivity contribution in [2.45, 2.75) is 19.8 Å². The third-order valence-electron chi connectivity index (χ3n) is 2.88. The van der Waals surface area contributed by atoms with Crippen LogP contribution in [0.25, 0.3) is 0 Å². The monoisotopic (exact) mass is 487 g/mol. The number of rotatable bonds is 8. The van der Waals surface area contributed by atoms with Crippen LogP contribution in [0.2, 0.25) is 0 Å². The Morgan fingerprint density at radius 2 is 2.05 bits per heavy atom. The van der Waals surface area contributed by atoms with E-state index in [1.807, 2.05) is 6.92 Å². The van der Waals surface area contributed by atoms with Gasteiger partial charge in [0.05, 0.1) is 0 Å². The quantitative estimate of drug-likeness (QED) is 0.256. The third kappa shape index (κ3) is 8.89. The van der Waals surface area contributed by atoms with Gasteiger partial charge in [0.15, 0.2) is 5.96 Å². The molecule has 0 bridgehead atoms. The predicted molar refractivity (Wildman–Crippen MR) is 104 cm³/mol. The molecule has 22 heavy (non-hydrogen) atoms. The number of hydrogen-bond donors (Lipinski definition) is 2. The molecule has 1 aromatic carbocycles. The van der Waals surface area contributed by atoms with Gasteiger partial charge in [-0.05, 0) is 43.5 Å². The minimum Gasteiger partial charge on any atom is -0.382 e. The summed E-state index contributed by atoms with van der Waals surface area (Å²) in [6.07, 6.45) is 1.53. The van der Waals surface area contributed by atoms with Gasteiger partial charge in [-0.15, -0.1) is 24.0 Å². The Hall–Kier alpha value is -0.410. The van der Waals surface area contributed by atoms with E-state index in [0.717, 1.165) is 36.6 Å². The molecular formula is C15H24BrFIN3O. The zero-order valence-corrected chi connectivity index (χ0v) is 16.9. The van der Waals surface area contributed by atoms with Crippen LogP contribution in [0.1, 0.15) is 18.9 Å². The van der Waals surface area contributed by atoms with Gasteiger partial charge < -0.3 is 15.4 Å². The van der Waals surface area contributed by atoms with Crippen molar-refractivity contribution in [3.63, 3.8) is 0 Å². The molecule has 0 amide bonds. The molecule has 2 N–H and O–H groups in total. The highest BCUT2D eigenvalue weighted by Gasteiger charge is 2.03. The predicted octanol–water partition coefficient (Wildman–Crippen LogP) is 3.34. The van der Waals surface area contributed by atoms with Crippen molar-refractivity contribution in [1.82, 2.24) is 10.6 Å². The van der Waals surface area contributed by atoms with Crippen molar-refractivity contribution < 1.29 is 9.13 Å². The van der Waals surface area contributed by atoms with Crippen LogP contribution in [0.3, 0.4) is 0 Å². The molecule has 0 radical (unpaired) electrons. The summed E-state index contributed by atoms with van der Waals surface area (Å²) in [6, 6.07) is 4.97. The maximum absolute atomic E-state index is 13.6. The Kier molecular flexibility index (Phi) is 12.8. The number of hydrogen-bond acceptors (Lipinski definition) is 2. The first kappa shape index (κ1) is 21.6. The van der Waals surface area contributed by atoms with E-state index >= 15 is 0 Å². The fraction of sp³-hybridized carbons (Fsp3) is 0.533. The van der Waals surface area contributed by atoms with Gasteiger partial charge >= 0.3 is 0 Å². The fourth-order valence-electron chi connectivity index (χ4n) is 1.80. The van der Waals surface area contributed by atoms with Crippen molar-refractivity contribution in [2.75, 3.05) is 33.4 Å². The number of guanidine groups is 1. The molecule has 0 heterocycles. The molecule has 0 spiro atoms. The van der Waals surface area contributed by atoms with Crippen LogP contribution in [-0.2, 0) is 11.2 Å². The Morgan fingerprint density at radius 3 is 2.73 bits per heavy atom. The summed E-state index contributed by atoms with van der Waals surface area (Å²) < 4.78 is 19.7. The lowest BCUT2D eigenvalue weighted by Gasteiger charge is -2.12. The third-order valence-corrected chi connectivity index (χ3v) is 3.37. The van der Waals surface area contributed by atoms with Gasteiger partial charge in [0.2, 0.25) is 0 Å². The summed E-state index contributed by atoms with van der Waals surface area (Å²) in [6.45, 7) is 4.88. The van der Waals surface area contributed by atoms with Crippen molar-refractivity contribution in [3.05, 3.63) is 34.1 Å². The van der Waals surface area contributed by atoms with E-state index in [-0.39, 0.29) is 29.8 Å². The first-order valence-electron chi connectivity index (χ1n) is 7.13. The van der Waals surface area contributed by atoms with Gasteiger partial charge in [-0.1, -0.05) is 15.9 Å². The fourth-order valence-corrected chi connectivity index (χ4v) is 2.20. The van der Waals surface area contributed by atoms with Gasteiger partial charge in [-0.2, -0.15) is 0 Å². The lowest BCUT2D eigenvalue weighted by Crippen LogP contribution is -2.39. The molecule has 0 atom stereocenters.